The van der Waals surface area contributed by atoms with Gasteiger partial charge in [0.25, 0.3) is 0 Å². The third-order valence-electron chi connectivity index (χ3n) is 0. The molecule has 0 fully saturated rings. The average molecular weight is 124 g/mol. The van der Waals surface area contributed by atoms with Gasteiger partial charge in [-0.25, -0.2) is 0 Å². The van der Waals surface area contributed by atoms with Gasteiger partial charge in [0.2, 0.25) is 5.91 Å². The van der Waals surface area contributed by atoms with E-state index in [0.29, 0.717) is 0 Å². The van der Waals surface area contributed by atoms with Gasteiger partial charge in [0, 0.05) is 6.92 Å². The van der Waals surface area contributed by atoms with Crippen LogP contribution in [0.15, 0.2) is 0 Å². The Bertz CT molecular complexity index is 80.9. The Morgan fingerprint density at radius 3 is 1.57 bits per heavy atom. The SMILES string of the molecule is CC(N)=O.O=[SH-]=O. The zero-order chi connectivity index (χ0) is 6.28. The molecule has 7 heavy (non-hydrogen) atoms. The number of carbonyl (C=O) groups excluding carboxylic acids is 1. The van der Waals surface area contributed by atoms with Crippen LogP contribution in [0.2, 0.25) is 0 Å². The quantitative estimate of drug-likeness (QED) is 0.332. The molecule has 0 atom stereocenters. The molecule has 0 aromatic carbocycles. The van der Waals surface area contributed by atoms with E-state index < -0.39 is 11.6 Å². The highest BCUT2D eigenvalue weighted by Crippen LogP contribution is 1.33. The summed E-state index contributed by atoms with van der Waals surface area (Å²) in [5, 5.41) is 0. The van der Waals surface area contributed by atoms with E-state index in [1.807, 2.05) is 0 Å². The van der Waals surface area contributed by atoms with Gasteiger partial charge in [-0.3, -0.25) is 4.79 Å². The number of hydrogen-bond acceptors (Lipinski definition) is 4. The summed E-state index contributed by atoms with van der Waals surface area (Å²) in [4.78, 5) is 9.22. The lowest BCUT2D eigenvalue weighted by Gasteiger charge is -1.60. The van der Waals surface area contributed by atoms with Crippen LogP contribution in [0.1, 0.15) is 6.92 Å². The predicted octanol–water partition coefficient (Wildman–Crippen LogP) is -1.02. The van der Waals surface area contributed by atoms with Crippen molar-refractivity contribution in [2.45, 2.75) is 6.92 Å². The molecule has 44 valence electrons. The maximum atomic E-state index is 9.22. The number of amides is 1. The molecule has 0 aromatic rings. The van der Waals surface area contributed by atoms with Crippen molar-refractivity contribution in [3.05, 3.63) is 0 Å². The third kappa shape index (κ3) is 188. The molecular weight excluding hydrogens is 118 g/mol. The molecule has 0 radical (unpaired) electrons. The number of thiol groups is 1. The van der Waals surface area contributed by atoms with E-state index in [4.69, 9.17) is 8.42 Å². The number of nitrogens with two attached hydrogens (primary N) is 1. The van der Waals surface area contributed by atoms with E-state index in [9.17, 15) is 4.79 Å². The van der Waals surface area contributed by atoms with Crippen molar-refractivity contribution < 1.29 is 13.2 Å². The van der Waals surface area contributed by atoms with Gasteiger partial charge < -0.3 is 14.2 Å². The van der Waals surface area contributed by atoms with E-state index in [1.165, 1.54) is 6.92 Å². The third-order valence-corrected chi connectivity index (χ3v) is 0. The first-order chi connectivity index (χ1) is 3.15. The molecule has 0 bridgehead atoms. The molecule has 5 heteroatoms. The normalized spacial score (nSPS) is 5.86. The molecule has 1 amide bonds. The Labute approximate surface area is 44.3 Å². The van der Waals surface area contributed by atoms with Crippen molar-refractivity contribution >= 4 is 17.5 Å². The fraction of sp³-hybridized carbons (Fsp3) is 0.500. The second-order valence-electron chi connectivity index (χ2n) is 0.685. The molecule has 0 saturated carbocycles. The molecule has 4 nitrogen and oxygen atoms in total. The van der Waals surface area contributed by atoms with E-state index in [0.717, 1.165) is 0 Å². The van der Waals surface area contributed by atoms with Gasteiger partial charge in [-0.15, -0.1) is 0 Å². The minimum atomic E-state index is -1.08. The van der Waals surface area contributed by atoms with Crippen LogP contribution in [0, 0.1) is 0 Å². The second kappa shape index (κ2) is 9.05. The molecular formula is C2H6NO3S-. The smallest absolute Gasteiger partial charge is 0.214 e. The van der Waals surface area contributed by atoms with Gasteiger partial charge in [-0.05, 0) is 0 Å². The summed E-state index contributed by atoms with van der Waals surface area (Å²) in [6.07, 6.45) is 0. The minimum absolute atomic E-state index is 0.333. The van der Waals surface area contributed by atoms with E-state index in [-0.39, 0.29) is 5.91 Å². The summed E-state index contributed by atoms with van der Waals surface area (Å²) in [6, 6.07) is 0. The predicted molar refractivity (Wildman–Crippen MR) is 25.0 cm³/mol. The van der Waals surface area contributed by atoms with Gasteiger partial charge in [0.15, 0.2) is 0 Å². The van der Waals surface area contributed by atoms with Gasteiger partial charge in [-0.1, -0.05) is 11.6 Å². The van der Waals surface area contributed by atoms with Crippen molar-refractivity contribution in [3.63, 3.8) is 0 Å². The molecule has 2 N–H and O–H groups in total. The Morgan fingerprint density at radius 2 is 1.57 bits per heavy atom. The van der Waals surface area contributed by atoms with E-state index in [1.54, 1.807) is 0 Å². The maximum Gasteiger partial charge on any atom is 0.214 e. The molecule has 0 spiro atoms. The fourth-order valence-corrected chi connectivity index (χ4v) is 0. The summed E-state index contributed by atoms with van der Waals surface area (Å²) in [7, 11) is 0. The lowest BCUT2D eigenvalue weighted by Crippen LogP contribution is -2.01. The Hall–Kier alpha value is -0.580. The Morgan fingerprint density at radius 1 is 1.57 bits per heavy atom. The Balaban J connectivity index is 0. The van der Waals surface area contributed by atoms with Gasteiger partial charge in [0.05, 0.1) is 0 Å². The van der Waals surface area contributed by atoms with Crippen LogP contribution in [0.4, 0.5) is 0 Å². The highest BCUT2D eigenvalue weighted by atomic mass is 32.1. The monoisotopic (exact) mass is 124 g/mol. The average Bonchev–Trinajstić information content (AvgIpc) is 1.33. The summed E-state index contributed by atoms with van der Waals surface area (Å²) in [5.74, 6) is -0.333. The molecule has 0 aromatic heterocycles. The summed E-state index contributed by atoms with van der Waals surface area (Å²) >= 11 is -1.08. The van der Waals surface area contributed by atoms with Crippen LogP contribution in [0.25, 0.3) is 0 Å². The molecule has 0 aliphatic rings. The Kier molecular flexibility index (Phi) is 12.5. The second-order valence-corrected chi connectivity index (χ2v) is 0.834. The van der Waals surface area contributed by atoms with Crippen molar-refractivity contribution in [2.75, 3.05) is 0 Å². The molecule has 0 heterocycles. The van der Waals surface area contributed by atoms with Crippen molar-refractivity contribution in [1.29, 1.82) is 0 Å². The lowest BCUT2D eigenvalue weighted by molar-refractivity contribution is -0.115. The lowest BCUT2D eigenvalue weighted by atomic mass is 10.8. The van der Waals surface area contributed by atoms with Crippen molar-refractivity contribution in [2.24, 2.45) is 5.73 Å². The van der Waals surface area contributed by atoms with Crippen LogP contribution >= 0.6 is 0 Å². The molecule has 0 aliphatic carbocycles. The van der Waals surface area contributed by atoms with E-state index >= 15 is 0 Å². The number of primary amides is 1. The van der Waals surface area contributed by atoms with Gasteiger partial charge >= 0.3 is 0 Å². The van der Waals surface area contributed by atoms with Crippen LogP contribution in [0.3, 0.4) is 0 Å². The van der Waals surface area contributed by atoms with Gasteiger partial charge in [0.1, 0.15) is 0 Å². The summed E-state index contributed by atoms with van der Waals surface area (Å²) in [5.41, 5.74) is 4.47. The zero-order valence-electron chi connectivity index (χ0n) is 3.75. The highest BCUT2D eigenvalue weighted by molar-refractivity contribution is 7.51. The highest BCUT2D eigenvalue weighted by Gasteiger charge is 1.61. The molecule has 0 rings (SSSR count). The fourth-order valence-electron chi connectivity index (χ4n) is 0. The van der Waals surface area contributed by atoms with Crippen molar-refractivity contribution in [1.82, 2.24) is 0 Å². The maximum absolute atomic E-state index is 9.22. The van der Waals surface area contributed by atoms with E-state index in [2.05, 4.69) is 5.73 Å². The first kappa shape index (κ1) is 9.65. The first-order valence-corrected chi connectivity index (χ1v) is 2.09. The largest absolute Gasteiger partial charge is 0.427 e. The number of carbonyl (C=O) groups is 1. The van der Waals surface area contributed by atoms with Crippen LogP contribution < -0.4 is 5.73 Å². The van der Waals surface area contributed by atoms with Crippen LogP contribution in [0.5, 0.6) is 0 Å². The topological polar surface area (TPSA) is 77.2 Å². The molecule has 0 saturated heterocycles. The number of rotatable bonds is 0. The number of hydrogen-bond donors (Lipinski definition) is 1. The zero-order valence-corrected chi connectivity index (χ0v) is 4.64. The van der Waals surface area contributed by atoms with Crippen LogP contribution in [-0.2, 0) is 24.8 Å². The summed E-state index contributed by atoms with van der Waals surface area (Å²) < 4.78 is 16.7. The van der Waals surface area contributed by atoms with Gasteiger partial charge in [-0.2, -0.15) is 0 Å². The molecule has 0 unspecified atom stereocenters. The standard InChI is InChI=1S/C2H5NO.HO2S/c1-2(3)4;1-3-2/h1H3,(H2,3,4);3H/q;-1. The first-order valence-electron chi connectivity index (χ1n) is 1.36. The van der Waals surface area contributed by atoms with Crippen LogP contribution in [-0.4, -0.2) is 5.91 Å². The van der Waals surface area contributed by atoms with Crippen molar-refractivity contribution in [3.8, 4) is 0 Å². The minimum Gasteiger partial charge on any atom is -0.427 e. The summed E-state index contributed by atoms with van der Waals surface area (Å²) in [6.45, 7) is 1.31. The molecule has 0 aliphatic heterocycles.